The fraction of sp³-hybridized carbons (Fsp3) is 1.00. The van der Waals surface area contributed by atoms with E-state index < -0.39 is 0 Å². The van der Waals surface area contributed by atoms with Gasteiger partial charge >= 0.3 is 0 Å². The Morgan fingerprint density at radius 3 is 2.43 bits per heavy atom. The highest BCUT2D eigenvalue weighted by molar-refractivity contribution is 4.74. The van der Waals surface area contributed by atoms with Crippen LogP contribution in [0.15, 0.2) is 0 Å². The second-order valence-corrected chi connectivity index (χ2v) is 4.12. The minimum Gasteiger partial charge on any atom is -0.382 e. The van der Waals surface area contributed by atoms with E-state index in [0.29, 0.717) is 13.2 Å². The van der Waals surface area contributed by atoms with Crippen LogP contribution in [0.4, 0.5) is 0 Å². The lowest BCUT2D eigenvalue weighted by Gasteiger charge is -2.24. The molecule has 0 bridgehead atoms. The summed E-state index contributed by atoms with van der Waals surface area (Å²) >= 11 is 0. The molecule has 0 saturated carbocycles. The van der Waals surface area contributed by atoms with Crippen LogP contribution >= 0.6 is 0 Å². The highest BCUT2D eigenvalue weighted by atomic mass is 16.5. The molecule has 1 N–H and O–H groups in total. The average molecular weight is 203 g/mol. The summed E-state index contributed by atoms with van der Waals surface area (Å²) in [5.74, 6) is 0. The van der Waals surface area contributed by atoms with E-state index in [1.165, 1.54) is 0 Å². The largest absolute Gasteiger partial charge is 0.382 e. The van der Waals surface area contributed by atoms with Gasteiger partial charge in [-0.2, -0.15) is 0 Å². The summed E-state index contributed by atoms with van der Waals surface area (Å²) < 4.78 is 10.2. The molecule has 0 saturated heterocycles. The van der Waals surface area contributed by atoms with Crippen LogP contribution < -0.4 is 5.32 Å². The van der Waals surface area contributed by atoms with Gasteiger partial charge < -0.3 is 14.8 Å². The summed E-state index contributed by atoms with van der Waals surface area (Å²) in [5.41, 5.74) is 0.256. The molecule has 0 heterocycles. The zero-order valence-electron chi connectivity index (χ0n) is 10.1. The van der Waals surface area contributed by atoms with E-state index in [4.69, 9.17) is 9.47 Å². The second-order valence-electron chi connectivity index (χ2n) is 4.12. The molecule has 0 aliphatic heterocycles. The Labute approximate surface area is 88.2 Å². The molecule has 0 radical (unpaired) electrons. The highest BCUT2D eigenvalue weighted by Gasteiger charge is 2.12. The molecule has 0 aromatic rings. The molecule has 0 aliphatic carbocycles. The summed E-state index contributed by atoms with van der Waals surface area (Å²) in [7, 11) is 1.69. The Morgan fingerprint density at radius 2 is 1.86 bits per heavy atom. The minimum absolute atomic E-state index is 0.256. The van der Waals surface area contributed by atoms with Gasteiger partial charge in [-0.25, -0.2) is 0 Å². The molecule has 0 aromatic carbocycles. The third-order valence-corrected chi connectivity index (χ3v) is 2.38. The number of hydrogen-bond acceptors (Lipinski definition) is 3. The highest BCUT2D eigenvalue weighted by Crippen LogP contribution is 2.05. The van der Waals surface area contributed by atoms with Gasteiger partial charge in [0.2, 0.25) is 0 Å². The lowest BCUT2D eigenvalue weighted by molar-refractivity contribution is 0.0688. The maximum atomic E-state index is 5.36. The lowest BCUT2D eigenvalue weighted by atomic mass is 10.0. The predicted octanol–water partition coefficient (Wildman–Crippen LogP) is 1.82. The van der Waals surface area contributed by atoms with Crippen LogP contribution in [0.1, 0.15) is 33.6 Å². The van der Waals surface area contributed by atoms with Crippen LogP contribution in [0.3, 0.4) is 0 Å². The van der Waals surface area contributed by atoms with Crippen molar-refractivity contribution in [2.45, 2.75) is 39.2 Å². The van der Waals surface area contributed by atoms with E-state index >= 15 is 0 Å². The Bertz CT molecular complexity index is 126. The summed E-state index contributed by atoms with van der Waals surface area (Å²) in [4.78, 5) is 0. The Hall–Kier alpha value is -0.120. The molecule has 0 unspecified atom stereocenters. The van der Waals surface area contributed by atoms with Crippen LogP contribution in [0.25, 0.3) is 0 Å². The number of ether oxygens (including phenoxy) is 2. The molecule has 0 amide bonds. The van der Waals surface area contributed by atoms with Gasteiger partial charge in [0.15, 0.2) is 0 Å². The van der Waals surface area contributed by atoms with Gasteiger partial charge in [0.1, 0.15) is 0 Å². The lowest BCUT2D eigenvalue weighted by Crippen LogP contribution is -2.39. The van der Waals surface area contributed by atoms with Crippen molar-refractivity contribution in [2.75, 3.05) is 33.5 Å². The van der Waals surface area contributed by atoms with E-state index in [0.717, 1.165) is 26.0 Å². The van der Waals surface area contributed by atoms with Crippen LogP contribution in [-0.2, 0) is 9.47 Å². The first-order valence-corrected chi connectivity index (χ1v) is 5.44. The molecular weight excluding hydrogens is 178 g/mol. The van der Waals surface area contributed by atoms with Crippen molar-refractivity contribution in [2.24, 2.45) is 0 Å². The van der Waals surface area contributed by atoms with E-state index in [1.54, 1.807) is 7.11 Å². The van der Waals surface area contributed by atoms with Gasteiger partial charge in [0, 0.05) is 19.3 Å². The van der Waals surface area contributed by atoms with Crippen LogP contribution in [0, 0.1) is 0 Å². The number of hydrogen-bond donors (Lipinski definition) is 1. The summed E-state index contributed by atoms with van der Waals surface area (Å²) in [6.45, 7) is 9.87. The maximum absolute atomic E-state index is 5.36. The van der Waals surface area contributed by atoms with Crippen LogP contribution in [0.2, 0.25) is 0 Å². The molecule has 0 fully saturated rings. The van der Waals surface area contributed by atoms with Gasteiger partial charge in [-0.15, -0.1) is 0 Å². The van der Waals surface area contributed by atoms with E-state index in [-0.39, 0.29) is 5.54 Å². The van der Waals surface area contributed by atoms with Crippen molar-refractivity contribution in [3.8, 4) is 0 Å². The van der Waals surface area contributed by atoms with E-state index in [1.807, 2.05) is 0 Å². The molecular formula is C11H25NO2. The fourth-order valence-electron chi connectivity index (χ4n) is 0.970. The Kier molecular flexibility index (Phi) is 8.14. The minimum atomic E-state index is 0.256. The van der Waals surface area contributed by atoms with Crippen LogP contribution in [-0.4, -0.2) is 39.0 Å². The molecule has 0 aliphatic rings. The Balaban J connectivity index is 3.13. The standard InChI is InChI=1S/C11H25NO2/c1-5-11(2,3)12-7-6-8-14-10-9-13-4/h12H,5-10H2,1-4H3. The normalized spacial score (nSPS) is 12.0. The molecule has 0 rings (SSSR count). The first kappa shape index (κ1) is 13.9. The van der Waals surface area contributed by atoms with Gasteiger partial charge in [0.25, 0.3) is 0 Å². The zero-order valence-corrected chi connectivity index (χ0v) is 10.1. The van der Waals surface area contributed by atoms with Gasteiger partial charge in [0.05, 0.1) is 13.2 Å². The second kappa shape index (κ2) is 8.21. The molecule has 14 heavy (non-hydrogen) atoms. The van der Waals surface area contributed by atoms with Gasteiger partial charge in [-0.3, -0.25) is 0 Å². The van der Waals surface area contributed by atoms with Gasteiger partial charge in [-0.05, 0) is 33.2 Å². The fourth-order valence-corrected chi connectivity index (χ4v) is 0.970. The number of nitrogens with one attached hydrogen (secondary N) is 1. The first-order valence-electron chi connectivity index (χ1n) is 5.44. The first-order chi connectivity index (χ1) is 6.62. The summed E-state index contributed by atoms with van der Waals surface area (Å²) in [5, 5.41) is 3.49. The molecule has 0 atom stereocenters. The van der Waals surface area contributed by atoms with Crippen molar-refractivity contribution < 1.29 is 9.47 Å². The summed E-state index contributed by atoms with van der Waals surface area (Å²) in [6.07, 6.45) is 2.21. The average Bonchev–Trinajstić information content (AvgIpc) is 2.16. The van der Waals surface area contributed by atoms with E-state index in [2.05, 4.69) is 26.1 Å². The number of rotatable bonds is 9. The monoisotopic (exact) mass is 203 g/mol. The smallest absolute Gasteiger partial charge is 0.0700 e. The third-order valence-electron chi connectivity index (χ3n) is 2.38. The molecule has 0 spiro atoms. The van der Waals surface area contributed by atoms with E-state index in [9.17, 15) is 0 Å². The molecule has 3 nitrogen and oxygen atoms in total. The van der Waals surface area contributed by atoms with Crippen molar-refractivity contribution >= 4 is 0 Å². The molecule has 3 heteroatoms. The predicted molar refractivity (Wildman–Crippen MR) is 59.7 cm³/mol. The van der Waals surface area contributed by atoms with Crippen molar-refractivity contribution in [3.05, 3.63) is 0 Å². The van der Waals surface area contributed by atoms with Crippen molar-refractivity contribution in [1.82, 2.24) is 5.32 Å². The number of methoxy groups -OCH3 is 1. The zero-order chi connectivity index (χ0) is 10.9. The Morgan fingerprint density at radius 1 is 1.14 bits per heavy atom. The van der Waals surface area contributed by atoms with Gasteiger partial charge in [-0.1, -0.05) is 6.92 Å². The third kappa shape index (κ3) is 8.48. The molecule has 86 valence electrons. The SMILES string of the molecule is CCC(C)(C)NCCCOCCOC. The quantitative estimate of drug-likeness (QED) is 0.580. The molecule has 0 aromatic heterocycles. The van der Waals surface area contributed by atoms with Crippen LogP contribution in [0.5, 0.6) is 0 Å². The van der Waals surface area contributed by atoms with Crippen molar-refractivity contribution in [3.63, 3.8) is 0 Å². The summed E-state index contributed by atoms with van der Waals surface area (Å²) in [6, 6.07) is 0. The maximum Gasteiger partial charge on any atom is 0.0700 e. The van der Waals surface area contributed by atoms with Crippen molar-refractivity contribution in [1.29, 1.82) is 0 Å². The topological polar surface area (TPSA) is 30.5 Å².